The number of hydrogen-bond acceptors (Lipinski definition) is 2. The van der Waals surface area contributed by atoms with Crippen LogP contribution in [-0.4, -0.2) is 19.1 Å². The molecule has 0 unspecified atom stereocenters. The lowest BCUT2D eigenvalue weighted by Crippen LogP contribution is -2.23. The van der Waals surface area contributed by atoms with E-state index < -0.39 is 11.7 Å². The van der Waals surface area contributed by atoms with Crippen molar-refractivity contribution in [3.8, 4) is 5.75 Å². The fourth-order valence-corrected chi connectivity index (χ4v) is 1.54. The van der Waals surface area contributed by atoms with Gasteiger partial charge in [0, 0.05) is 4.47 Å². The lowest BCUT2D eigenvalue weighted by atomic mass is 10.2. The van der Waals surface area contributed by atoms with Crippen molar-refractivity contribution in [3.05, 3.63) is 28.2 Å². The van der Waals surface area contributed by atoms with Crippen LogP contribution in [0.2, 0.25) is 0 Å². The Bertz CT molecular complexity index is 444. The van der Waals surface area contributed by atoms with Gasteiger partial charge in [-0.2, -0.15) is 13.2 Å². The van der Waals surface area contributed by atoms with Crippen molar-refractivity contribution in [2.24, 2.45) is 16.5 Å². The van der Waals surface area contributed by atoms with Crippen LogP contribution in [0.1, 0.15) is 5.56 Å². The van der Waals surface area contributed by atoms with Gasteiger partial charge in [0.2, 0.25) is 0 Å². The average molecular weight is 326 g/mol. The zero-order valence-electron chi connectivity index (χ0n) is 9.17. The quantitative estimate of drug-likeness (QED) is 0.506. The number of ether oxygens (including phenoxy) is 1. The van der Waals surface area contributed by atoms with Crippen LogP contribution < -0.4 is 16.2 Å². The minimum Gasteiger partial charge on any atom is -0.491 e. The molecule has 0 spiro atoms. The maximum Gasteiger partial charge on any atom is 0.420 e. The first-order valence-corrected chi connectivity index (χ1v) is 5.65. The molecule has 0 amide bonds. The Balaban J connectivity index is 2.79. The summed E-state index contributed by atoms with van der Waals surface area (Å²) in [6.07, 6.45) is -4.48. The van der Waals surface area contributed by atoms with Crippen molar-refractivity contribution in [1.82, 2.24) is 0 Å². The van der Waals surface area contributed by atoms with Crippen molar-refractivity contribution in [2.75, 3.05) is 13.2 Å². The summed E-state index contributed by atoms with van der Waals surface area (Å²) in [5, 5.41) is 0. The number of hydrogen-bond donors (Lipinski definition) is 2. The molecular weight excluding hydrogens is 315 g/mol. The van der Waals surface area contributed by atoms with E-state index in [1.807, 2.05) is 0 Å². The van der Waals surface area contributed by atoms with Crippen molar-refractivity contribution < 1.29 is 17.9 Å². The number of halogens is 4. The molecule has 8 heteroatoms. The lowest BCUT2D eigenvalue weighted by Gasteiger charge is -2.13. The zero-order chi connectivity index (χ0) is 13.8. The van der Waals surface area contributed by atoms with Crippen molar-refractivity contribution in [2.45, 2.75) is 6.18 Å². The molecule has 0 fully saturated rings. The molecular formula is C10H11BrF3N3O. The van der Waals surface area contributed by atoms with E-state index in [0.29, 0.717) is 4.47 Å². The summed E-state index contributed by atoms with van der Waals surface area (Å²) in [4.78, 5) is 3.61. The Labute approximate surface area is 110 Å². The van der Waals surface area contributed by atoms with Gasteiger partial charge in [-0.1, -0.05) is 15.9 Å². The van der Waals surface area contributed by atoms with Gasteiger partial charge in [0.15, 0.2) is 5.96 Å². The molecule has 4 nitrogen and oxygen atoms in total. The molecule has 0 atom stereocenters. The van der Waals surface area contributed by atoms with Crippen LogP contribution in [0.25, 0.3) is 0 Å². The van der Waals surface area contributed by atoms with Gasteiger partial charge < -0.3 is 16.2 Å². The van der Waals surface area contributed by atoms with Gasteiger partial charge in [0.25, 0.3) is 0 Å². The SMILES string of the molecule is NC(N)=NCCOc1ccc(Br)cc1C(F)(F)F. The first-order chi connectivity index (χ1) is 8.30. The number of aliphatic imine (C=N–C) groups is 1. The Morgan fingerprint density at radius 2 is 2.00 bits per heavy atom. The molecule has 0 saturated heterocycles. The van der Waals surface area contributed by atoms with E-state index in [-0.39, 0.29) is 24.9 Å². The summed E-state index contributed by atoms with van der Waals surface area (Å²) in [5.41, 5.74) is 9.31. The number of nitrogens with zero attached hydrogens (tertiary/aromatic N) is 1. The molecule has 18 heavy (non-hydrogen) atoms. The highest BCUT2D eigenvalue weighted by molar-refractivity contribution is 9.10. The topological polar surface area (TPSA) is 73.6 Å². The van der Waals surface area contributed by atoms with Gasteiger partial charge >= 0.3 is 6.18 Å². The number of alkyl halides is 3. The van der Waals surface area contributed by atoms with E-state index in [1.54, 1.807) is 0 Å². The Kier molecular flexibility index (Phi) is 4.83. The summed E-state index contributed by atoms with van der Waals surface area (Å²) in [7, 11) is 0. The number of benzene rings is 1. The highest BCUT2D eigenvalue weighted by Gasteiger charge is 2.34. The molecule has 0 heterocycles. The first kappa shape index (κ1) is 14.6. The largest absolute Gasteiger partial charge is 0.491 e. The molecule has 4 N–H and O–H groups in total. The van der Waals surface area contributed by atoms with Crippen LogP contribution in [0, 0.1) is 0 Å². The highest BCUT2D eigenvalue weighted by atomic mass is 79.9. The van der Waals surface area contributed by atoms with Gasteiger partial charge in [0.05, 0.1) is 12.1 Å². The van der Waals surface area contributed by atoms with Crippen LogP contribution in [-0.2, 0) is 6.18 Å². The van der Waals surface area contributed by atoms with E-state index >= 15 is 0 Å². The zero-order valence-corrected chi connectivity index (χ0v) is 10.8. The summed E-state index contributed by atoms with van der Waals surface area (Å²) < 4.78 is 43.4. The minimum absolute atomic E-state index is 0.0391. The van der Waals surface area contributed by atoms with Crippen molar-refractivity contribution >= 4 is 21.9 Å². The first-order valence-electron chi connectivity index (χ1n) is 4.85. The predicted molar refractivity (Wildman–Crippen MR) is 65.3 cm³/mol. The Hall–Kier alpha value is -1.44. The molecule has 1 aromatic rings. The van der Waals surface area contributed by atoms with E-state index in [0.717, 1.165) is 6.07 Å². The van der Waals surface area contributed by atoms with Crippen LogP contribution in [0.5, 0.6) is 5.75 Å². The van der Waals surface area contributed by atoms with Gasteiger partial charge in [-0.05, 0) is 18.2 Å². The standard InChI is InChI=1S/C10H11BrF3N3O/c11-6-1-2-8(7(5-6)10(12,13)14)18-4-3-17-9(15)16/h1-2,5H,3-4H2,(H4,15,16,17). The molecule has 0 aliphatic heterocycles. The molecule has 0 saturated carbocycles. The predicted octanol–water partition coefficient (Wildman–Crippen LogP) is 2.12. The maximum absolute atomic E-state index is 12.7. The molecule has 0 aliphatic rings. The molecule has 0 aromatic heterocycles. The van der Waals surface area contributed by atoms with Gasteiger partial charge in [-0.15, -0.1) is 0 Å². The van der Waals surface area contributed by atoms with E-state index in [9.17, 15) is 13.2 Å². The van der Waals surface area contributed by atoms with E-state index in [1.165, 1.54) is 12.1 Å². The normalized spacial score (nSPS) is 11.1. The molecule has 0 aliphatic carbocycles. The fraction of sp³-hybridized carbons (Fsp3) is 0.300. The second-order valence-corrected chi connectivity index (χ2v) is 4.21. The molecule has 1 aromatic carbocycles. The average Bonchev–Trinajstić information content (AvgIpc) is 2.24. The second-order valence-electron chi connectivity index (χ2n) is 3.29. The summed E-state index contributed by atoms with van der Waals surface area (Å²) in [5.74, 6) is -0.387. The smallest absolute Gasteiger partial charge is 0.420 e. The Morgan fingerprint density at radius 3 is 2.56 bits per heavy atom. The molecule has 0 bridgehead atoms. The van der Waals surface area contributed by atoms with E-state index in [2.05, 4.69) is 20.9 Å². The van der Waals surface area contributed by atoms with Crippen LogP contribution in [0.3, 0.4) is 0 Å². The third-order valence-electron chi connectivity index (χ3n) is 1.89. The van der Waals surface area contributed by atoms with E-state index in [4.69, 9.17) is 16.2 Å². The number of nitrogens with two attached hydrogens (primary N) is 2. The summed E-state index contributed by atoms with van der Waals surface area (Å²) in [6, 6.07) is 3.66. The van der Waals surface area contributed by atoms with Crippen LogP contribution in [0.4, 0.5) is 13.2 Å². The van der Waals surface area contributed by atoms with Crippen LogP contribution >= 0.6 is 15.9 Å². The fourth-order valence-electron chi connectivity index (χ4n) is 1.18. The number of guanidine groups is 1. The summed E-state index contributed by atoms with van der Waals surface area (Å²) in [6.45, 7) is 0.0539. The van der Waals surface area contributed by atoms with Crippen LogP contribution in [0.15, 0.2) is 27.7 Å². The lowest BCUT2D eigenvalue weighted by molar-refractivity contribution is -0.139. The minimum atomic E-state index is -4.48. The molecule has 100 valence electrons. The molecule has 0 radical (unpaired) electrons. The Morgan fingerprint density at radius 1 is 1.33 bits per heavy atom. The third-order valence-corrected chi connectivity index (χ3v) is 2.38. The third kappa shape index (κ3) is 4.44. The van der Waals surface area contributed by atoms with Crippen molar-refractivity contribution in [3.63, 3.8) is 0 Å². The number of rotatable bonds is 4. The highest BCUT2D eigenvalue weighted by Crippen LogP contribution is 2.37. The summed E-state index contributed by atoms with van der Waals surface area (Å²) >= 11 is 2.98. The van der Waals surface area contributed by atoms with Gasteiger partial charge in [0.1, 0.15) is 12.4 Å². The van der Waals surface area contributed by atoms with Gasteiger partial charge in [-0.25, -0.2) is 0 Å². The monoisotopic (exact) mass is 325 g/mol. The second kappa shape index (κ2) is 5.94. The molecule has 1 rings (SSSR count). The van der Waals surface area contributed by atoms with Crippen molar-refractivity contribution in [1.29, 1.82) is 0 Å². The van der Waals surface area contributed by atoms with Gasteiger partial charge in [-0.3, -0.25) is 4.99 Å². The maximum atomic E-state index is 12.7.